The van der Waals surface area contributed by atoms with Crippen LogP contribution < -0.4 is 0 Å². The molecule has 20 heavy (non-hydrogen) atoms. The molecule has 0 aliphatic carbocycles. The van der Waals surface area contributed by atoms with E-state index in [2.05, 4.69) is 27.2 Å². The van der Waals surface area contributed by atoms with Crippen LogP contribution in [0.4, 0.5) is 0 Å². The van der Waals surface area contributed by atoms with Gasteiger partial charge < -0.3 is 27.7 Å². The van der Waals surface area contributed by atoms with Gasteiger partial charge >= 0.3 is 31.1 Å². The van der Waals surface area contributed by atoms with E-state index in [4.69, 9.17) is 0 Å². The predicted molar refractivity (Wildman–Crippen MR) is 72.1 cm³/mol. The van der Waals surface area contributed by atoms with Crippen LogP contribution in [0.15, 0.2) is 0 Å². The molecule has 0 fully saturated rings. The quantitative estimate of drug-likeness (QED) is 0.204. The summed E-state index contributed by atoms with van der Waals surface area (Å²) in [5, 5.41) is 0. The van der Waals surface area contributed by atoms with Crippen LogP contribution in [0.5, 0.6) is 0 Å². The summed E-state index contributed by atoms with van der Waals surface area (Å²) in [6.45, 7) is 10.1. The molecular weight excluding hydrogens is 774 g/mol. The molecule has 0 saturated carbocycles. The first kappa shape index (κ1) is 44.7. The van der Waals surface area contributed by atoms with E-state index in [1.165, 1.54) is 44.9 Å². The van der Waals surface area contributed by atoms with E-state index in [1.807, 2.05) is 0 Å². The normalized spacial score (nSPS) is 9.15. The Labute approximate surface area is 254 Å². The van der Waals surface area contributed by atoms with E-state index in [0.717, 1.165) is 18.8 Å². The zero-order valence-corrected chi connectivity index (χ0v) is 29.3. The maximum absolute atomic E-state index is 3.96. The summed E-state index contributed by atoms with van der Waals surface area (Å²) < 4.78 is 0. The average Bonchev–Trinajstić information content (AvgIpc) is 2.18. The van der Waals surface area contributed by atoms with Crippen molar-refractivity contribution < 1.29 is 162 Å². The van der Waals surface area contributed by atoms with E-state index < -0.39 is 0 Å². The maximum atomic E-state index is 3.96. The molecule has 0 saturated heterocycles. The van der Waals surface area contributed by atoms with E-state index in [9.17, 15) is 0 Å². The van der Waals surface area contributed by atoms with E-state index in [-0.39, 0.29) is 169 Å². The Balaban J connectivity index is -0.0000000563. The van der Waals surface area contributed by atoms with Crippen LogP contribution in [-0.2, 0) is 131 Å². The SMILES string of the molecule is [CH2-]CC[CH-]C[C@@H](CC[CH2-])CCCCC.[CH3-].[U+2].[Y].[Y].[Y].[Y]. The van der Waals surface area contributed by atoms with Gasteiger partial charge in [0.15, 0.2) is 0 Å². The van der Waals surface area contributed by atoms with Gasteiger partial charge in [-0.3, -0.25) is 0 Å². The van der Waals surface area contributed by atoms with Crippen molar-refractivity contribution in [1.82, 2.24) is 0 Å². The molecule has 108 valence electrons. The van der Waals surface area contributed by atoms with Crippen LogP contribution in [0.2, 0.25) is 0 Å². The van der Waals surface area contributed by atoms with Crippen LogP contribution in [0.1, 0.15) is 64.7 Å². The average molecular weight is 804 g/mol. The van der Waals surface area contributed by atoms with Crippen molar-refractivity contribution in [3.05, 3.63) is 27.7 Å². The molecular formula is C15H30UY4-2. The molecule has 0 aromatic heterocycles. The Kier molecular flexibility index (Phi) is 88.3. The molecule has 0 N–H and O–H groups in total. The first-order valence-electron chi connectivity index (χ1n) is 6.25. The molecule has 0 bridgehead atoms. The zero-order chi connectivity index (χ0) is 10.6. The van der Waals surface area contributed by atoms with Crippen molar-refractivity contribution in [1.29, 1.82) is 0 Å². The van der Waals surface area contributed by atoms with Crippen molar-refractivity contribution in [2.45, 2.75) is 64.7 Å². The Morgan fingerprint density at radius 2 is 1.45 bits per heavy atom. The third-order valence-corrected chi connectivity index (χ3v) is 2.74. The molecule has 0 aromatic rings. The number of hydrogen-bond donors (Lipinski definition) is 0. The van der Waals surface area contributed by atoms with Gasteiger partial charge in [-0.2, -0.15) is 12.8 Å². The van der Waals surface area contributed by atoms with Gasteiger partial charge in [0.1, 0.15) is 0 Å². The van der Waals surface area contributed by atoms with Crippen molar-refractivity contribution >= 4 is 0 Å². The predicted octanol–water partition coefficient (Wildman–Crippen LogP) is 5.45. The molecule has 0 unspecified atom stereocenters. The van der Waals surface area contributed by atoms with Gasteiger partial charge in [0.05, 0.1) is 0 Å². The van der Waals surface area contributed by atoms with Crippen molar-refractivity contribution in [2.24, 2.45) is 5.92 Å². The summed E-state index contributed by atoms with van der Waals surface area (Å²) in [6, 6.07) is 0. The second kappa shape index (κ2) is 39.5. The summed E-state index contributed by atoms with van der Waals surface area (Å²) in [4.78, 5) is 0. The Morgan fingerprint density at radius 1 is 0.900 bits per heavy atom. The van der Waals surface area contributed by atoms with Gasteiger partial charge in [0.25, 0.3) is 0 Å². The second-order valence-electron chi connectivity index (χ2n) is 4.17. The molecule has 0 spiro atoms. The van der Waals surface area contributed by atoms with E-state index in [0.29, 0.717) is 0 Å². The summed E-state index contributed by atoms with van der Waals surface area (Å²) in [5.74, 6) is 0.894. The van der Waals surface area contributed by atoms with Gasteiger partial charge in [0.2, 0.25) is 0 Å². The van der Waals surface area contributed by atoms with Crippen LogP contribution in [-0.4, -0.2) is 0 Å². The number of rotatable bonds is 10. The van der Waals surface area contributed by atoms with E-state index in [1.54, 1.807) is 0 Å². The Morgan fingerprint density at radius 3 is 1.85 bits per heavy atom. The third kappa shape index (κ3) is 34.7. The van der Waals surface area contributed by atoms with Crippen molar-refractivity contribution in [2.75, 3.05) is 0 Å². The minimum atomic E-state index is 0. The second-order valence-corrected chi connectivity index (χ2v) is 4.17. The van der Waals surface area contributed by atoms with Gasteiger partial charge in [-0.15, -0.1) is 0 Å². The Bertz CT molecular complexity index is 106. The van der Waals surface area contributed by atoms with Crippen LogP contribution in [0, 0.1) is 64.7 Å². The van der Waals surface area contributed by atoms with Gasteiger partial charge in [-0.25, -0.2) is 12.8 Å². The molecule has 0 aromatic carbocycles. The van der Waals surface area contributed by atoms with Gasteiger partial charge in [-0.05, 0) is 0 Å². The van der Waals surface area contributed by atoms with Crippen molar-refractivity contribution in [3.8, 4) is 0 Å². The van der Waals surface area contributed by atoms with Gasteiger partial charge in [0, 0.05) is 131 Å². The third-order valence-electron chi connectivity index (χ3n) is 2.74. The number of hydrogen-bond acceptors (Lipinski definition) is 0. The number of unbranched alkanes of at least 4 members (excludes halogenated alkanes) is 4. The fourth-order valence-corrected chi connectivity index (χ4v) is 1.85. The molecule has 0 heterocycles. The molecule has 4 radical (unpaired) electrons. The van der Waals surface area contributed by atoms with Crippen molar-refractivity contribution in [3.63, 3.8) is 0 Å². The molecule has 0 aliphatic heterocycles. The molecule has 0 nitrogen and oxygen atoms in total. The Hall–Kier alpha value is 5.47. The summed E-state index contributed by atoms with van der Waals surface area (Å²) in [7, 11) is 0. The minimum Gasteiger partial charge on any atom is -0.358 e. The zero-order valence-electron chi connectivity index (χ0n) is 13.7. The molecule has 0 amide bonds. The molecule has 0 aliphatic rings. The molecule has 5 heteroatoms. The fourth-order valence-electron chi connectivity index (χ4n) is 1.85. The molecule has 0 rings (SSSR count). The molecule has 1 atom stereocenters. The first-order valence-corrected chi connectivity index (χ1v) is 6.25. The topological polar surface area (TPSA) is 0 Å². The standard InChI is InChI=1S/C14H27.CH3.U.4Y/c1-4-7-9-12-14(11-6-3)13-10-8-5-2;;;;;;/h9,14H,1,3-8,10-13H2,2H3;1H3;;;;;/q-3;-1;+2;;;;/t14-;;;;;;/m1....../s1. The minimum absolute atomic E-state index is 0. The van der Waals surface area contributed by atoms with Crippen LogP contribution >= 0.6 is 0 Å². The monoisotopic (exact) mass is 804 g/mol. The van der Waals surface area contributed by atoms with E-state index >= 15 is 0 Å². The first-order chi connectivity index (χ1) is 6.85. The van der Waals surface area contributed by atoms with Gasteiger partial charge in [-0.1, -0.05) is 44.9 Å². The summed E-state index contributed by atoms with van der Waals surface area (Å²) >= 11 is 0. The fraction of sp³-hybridized carbons (Fsp3) is 0.733. The maximum Gasteiger partial charge on any atom is 2.00 e. The smallest absolute Gasteiger partial charge is 0.358 e. The largest absolute Gasteiger partial charge is 2.00 e. The summed E-state index contributed by atoms with van der Waals surface area (Å²) in [6.07, 6.45) is 13.9. The van der Waals surface area contributed by atoms with Crippen LogP contribution in [0.3, 0.4) is 0 Å². The van der Waals surface area contributed by atoms with Crippen LogP contribution in [0.25, 0.3) is 0 Å². The summed E-state index contributed by atoms with van der Waals surface area (Å²) in [5.41, 5.74) is 0.